The van der Waals surface area contributed by atoms with Gasteiger partial charge >= 0.3 is 0 Å². The molecule has 0 amide bonds. The first-order valence-electron chi connectivity index (χ1n) is 3.20. The summed E-state index contributed by atoms with van der Waals surface area (Å²) in [5.74, 6) is 0. The van der Waals surface area contributed by atoms with Crippen LogP contribution in [-0.2, 0) is 9.47 Å². The van der Waals surface area contributed by atoms with E-state index in [0.717, 1.165) is 0 Å². The maximum Gasteiger partial charge on any atom is 0.167 e. The monoisotopic (exact) mass is 157 g/mol. The van der Waals surface area contributed by atoms with Gasteiger partial charge in [-0.15, -0.1) is 0 Å². The third-order valence-electron chi connectivity index (χ3n) is 0.895. The molecule has 0 bridgehead atoms. The highest BCUT2D eigenvalue weighted by Crippen LogP contribution is 1.91. The van der Waals surface area contributed by atoms with Crippen molar-refractivity contribution in [1.82, 2.24) is 0 Å². The van der Waals surface area contributed by atoms with Gasteiger partial charge in [0.05, 0.1) is 25.4 Å². The lowest BCUT2D eigenvalue weighted by Gasteiger charge is -2.07. The van der Waals surface area contributed by atoms with Crippen molar-refractivity contribution in [2.45, 2.75) is 12.7 Å². The van der Waals surface area contributed by atoms with E-state index in [9.17, 15) is 0 Å². The van der Waals surface area contributed by atoms with Gasteiger partial charge in [-0.05, 0) is 0 Å². The topological polar surface area (TPSA) is 62.5 Å². The fourth-order valence-electron chi connectivity index (χ4n) is 0.453. The number of nitrogens with zero attached hydrogens (tertiary/aromatic N) is 1. The Morgan fingerprint density at radius 2 is 2.36 bits per heavy atom. The molecule has 0 saturated carbocycles. The van der Waals surface area contributed by atoms with Gasteiger partial charge in [-0.1, -0.05) is 6.58 Å². The van der Waals surface area contributed by atoms with Crippen molar-refractivity contribution in [2.24, 2.45) is 0 Å². The van der Waals surface area contributed by atoms with Crippen molar-refractivity contribution in [2.75, 3.05) is 13.2 Å². The summed E-state index contributed by atoms with van der Waals surface area (Å²) < 4.78 is 9.45. The fraction of sp³-hybridized carbons (Fsp3) is 0.571. The Labute approximate surface area is 65.7 Å². The smallest absolute Gasteiger partial charge is 0.167 e. The molecule has 0 aromatic heterocycles. The third-order valence-corrected chi connectivity index (χ3v) is 0.895. The van der Waals surface area contributed by atoms with Gasteiger partial charge in [0.1, 0.15) is 6.61 Å². The van der Waals surface area contributed by atoms with Crippen molar-refractivity contribution in [1.29, 1.82) is 5.26 Å². The first-order chi connectivity index (χ1) is 5.31. The highest BCUT2D eigenvalue weighted by Gasteiger charge is 2.00. The molecule has 4 heteroatoms. The number of rotatable bonds is 6. The van der Waals surface area contributed by atoms with Crippen LogP contribution in [0, 0.1) is 11.3 Å². The molecule has 1 N–H and O–H groups in total. The number of aliphatic hydroxyl groups excluding tert-OH is 1. The van der Waals surface area contributed by atoms with Crippen LogP contribution in [-0.4, -0.2) is 24.6 Å². The zero-order chi connectivity index (χ0) is 8.53. The minimum Gasteiger partial charge on any atom is -0.499 e. The van der Waals surface area contributed by atoms with Gasteiger partial charge in [0.2, 0.25) is 0 Å². The van der Waals surface area contributed by atoms with Gasteiger partial charge in [-0.3, -0.25) is 0 Å². The maximum absolute atomic E-state index is 8.82. The predicted octanol–water partition coefficient (Wildman–Crippen LogP) is 0.395. The van der Waals surface area contributed by atoms with E-state index in [0.29, 0.717) is 6.61 Å². The fourth-order valence-corrected chi connectivity index (χ4v) is 0.453. The van der Waals surface area contributed by atoms with Crippen LogP contribution < -0.4 is 0 Å². The highest BCUT2D eigenvalue weighted by atomic mass is 16.6. The van der Waals surface area contributed by atoms with E-state index < -0.39 is 6.29 Å². The van der Waals surface area contributed by atoms with Gasteiger partial charge in [-0.2, -0.15) is 5.26 Å². The van der Waals surface area contributed by atoms with Crippen LogP contribution in [0.4, 0.5) is 0 Å². The molecule has 0 aliphatic heterocycles. The molecule has 0 spiro atoms. The summed E-state index contributed by atoms with van der Waals surface area (Å²) >= 11 is 0. The Morgan fingerprint density at radius 3 is 2.91 bits per heavy atom. The molecule has 0 aromatic rings. The molecule has 4 nitrogen and oxygen atoms in total. The number of hydrogen-bond acceptors (Lipinski definition) is 4. The second kappa shape index (κ2) is 7.06. The SMILES string of the molecule is C=COCCOC(O)CC#N. The minimum absolute atomic E-state index is 0.0198. The Balaban J connectivity index is 3.11. The number of nitriles is 1. The standard InChI is InChI=1S/C7H11NO3/c1-2-10-5-6-11-7(9)3-4-8/h2,7,9H,1,3,5-6H2. The number of hydrogen-bond donors (Lipinski definition) is 1. The molecule has 0 rings (SSSR count). The average Bonchev–Trinajstić information content (AvgIpc) is 1.99. The van der Waals surface area contributed by atoms with Crippen molar-refractivity contribution in [3.05, 3.63) is 12.8 Å². The lowest BCUT2D eigenvalue weighted by Crippen LogP contribution is -2.14. The largest absolute Gasteiger partial charge is 0.499 e. The van der Waals surface area contributed by atoms with Gasteiger partial charge in [0, 0.05) is 0 Å². The molecule has 1 atom stereocenters. The van der Waals surface area contributed by atoms with Crippen LogP contribution in [0.1, 0.15) is 6.42 Å². The summed E-state index contributed by atoms with van der Waals surface area (Å²) in [6.45, 7) is 3.92. The number of ether oxygens (including phenoxy) is 2. The van der Waals surface area contributed by atoms with Crippen molar-refractivity contribution < 1.29 is 14.6 Å². The van der Waals surface area contributed by atoms with Crippen LogP contribution in [0.25, 0.3) is 0 Å². The maximum atomic E-state index is 8.82. The molecule has 0 heterocycles. The quantitative estimate of drug-likeness (QED) is 0.344. The second-order valence-corrected chi connectivity index (χ2v) is 1.73. The number of aliphatic hydroxyl groups is 1. The zero-order valence-corrected chi connectivity index (χ0v) is 6.19. The Morgan fingerprint density at radius 1 is 1.64 bits per heavy atom. The molecule has 0 aliphatic rings. The van der Waals surface area contributed by atoms with E-state index in [1.165, 1.54) is 6.26 Å². The summed E-state index contributed by atoms with van der Waals surface area (Å²) in [4.78, 5) is 0. The summed E-state index contributed by atoms with van der Waals surface area (Å²) in [5, 5.41) is 16.9. The van der Waals surface area contributed by atoms with Gasteiger partial charge in [-0.25, -0.2) is 0 Å². The molecule has 11 heavy (non-hydrogen) atoms. The molecule has 0 fully saturated rings. The third kappa shape index (κ3) is 6.84. The molecule has 62 valence electrons. The van der Waals surface area contributed by atoms with Gasteiger partial charge in [0.15, 0.2) is 6.29 Å². The molecular weight excluding hydrogens is 146 g/mol. The molecule has 0 aromatic carbocycles. The van der Waals surface area contributed by atoms with Crippen LogP contribution in [0.15, 0.2) is 12.8 Å². The normalized spacial score (nSPS) is 11.6. The summed E-state index contributed by atoms with van der Waals surface area (Å²) in [6, 6.07) is 1.77. The molecular formula is C7H11NO3. The van der Waals surface area contributed by atoms with E-state index in [-0.39, 0.29) is 13.0 Å². The first kappa shape index (κ1) is 9.95. The van der Waals surface area contributed by atoms with Crippen molar-refractivity contribution >= 4 is 0 Å². The zero-order valence-electron chi connectivity index (χ0n) is 6.19. The Kier molecular flexibility index (Phi) is 6.39. The van der Waals surface area contributed by atoms with Gasteiger partial charge < -0.3 is 14.6 Å². The minimum atomic E-state index is -1.01. The summed E-state index contributed by atoms with van der Waals surface area (Å²) in [5.41, 5.74) is 0. The lowest BCUT2D eigenvalue weighted by atomic mass is 10.5. The van der Waals surface area contributed by atoms with Gasteiger partial charge in [0.25, 0.3) is 0 Å². The molecule has 0 saturated heterocycles. The van der Waals surface area contributed by atoms with Crippen molar-refractivity contribution in [3.8, 4) is 6.07 Å². The first-order valence-corrected chi connectivity index (χ1v) is 3.20. The average molecular weight is 157 g/mol. The lowest BCUT2D eigenvalue weighted by molar-refractivity contribution is -0.103. The van der Waals surface area contributed by atoms with E-state index in [1.54, 1.807) is 6.07 Å². The summed E-state index contributed by atoms with van der Waals surface area (Å²) in [7, 11) is 0. The molecule has 1 unspecified atom stereocenters. The van der Waals surface area contributed by atoms with Crippen LogP contribution in [0.2, 0.25) is 0 Å². The van der Waals surface area contributed by atoms with Crippen LogP contribution in [0.5, 0.6) is 0 Å². The second-order valence-electron chi connectivity index (χ2n) is 1.73. The Hall–Kier alpha value is -1.05. The van der Waals surface area contributed by atoms with E-state index >= 15 is 0 Å². The van der Waals surface area contributed by atoms with Crippen LogP contribution in [0.3, 0.4) is 0 Å². The van der Waals surface area contributed by atoms with E-state index in [4.69, 9.17) is 19.8 Å². The molecule has 0 radical (unpaired) electrons. The van der Waals surface area contributed by atoms with E-state index in [2.05, 4.69) is 6.58 Å². The van der Waals surface area contributed by atoms with E-state index in [1.807, 2.05) is 0 Å². The van der Waals surface area contributed by atoms with Crippen molar-refractivity contribution in [3.63, 3.8) is 0 Å². The van der Waals surface area contributed by atoms with Crippen LogP contribution >= 0.6 is 0 Å². The Bertz CT molecular complexity index is 141. The highest BCUT2D eigenvalue weighted by molar-refractivity contribution is 4.69. The predicted molar refractivity (Wildman–Crippen MR) is 38.3 cm³/mol. The molecule has 0 aliphatic carbocycles. The summed E-state index contributed by atoms with van der Waals surface area (Å²) in [6.07, 6.45) is 0.266.